The van der Waals surface area contributed by atoms with Crippen LogP contribution >= 0.6 is 12.2 Å². The molecule has 0 unspecified atom stereocenters. The predicted molar refractivity (Wildman–Crippen MR) is 136 cm³/mol. The Hall–Kier alpha value is -3.19. The lowest BCUT2D eigenvalue weighted by Gasteiger charge is -2.28. The third-order valence-corrected chi connectivity index (χ3v) is 6.80. The maximum absolute atomic E-state index is 12.8. The fraction of sp³-hybridized carbons (Fsp3) is 0.346. The summed E-state index contributed by atoms with van der Waals surface area (Å²) in [6.45, 7) is 9.88. The zero-order valence-electron chi connectivity index (χ0n) is 19.6. The molecule has 0 saturated carbocycles. The van der Waals surface area contributed by atoms with Crippen molar-refractivity contribution in [2.45, 2.75) is 52.7 Å². The Morgan fingerprint density at radius 1 is 1.15 bits per heavy atom. The molecule has 1 aromatic carbocycles. The van der Waals surface area contributed by atoms with Crippen molar-refractivity contribution in [3.05, 3.63) is 82.9 Å². The van der Waals surface area contributed by atoms with Crippen LogP contribution in [0, 0.1) is 20.8 Å². The second-order valence-electron chi connectivity index (χ2n) is 8.50. The van der Waals surface area contributed by atoms with Crippen LogP contribution in [-0.2, 0) is 11.3 Å². The van der Waals surface area contributed by atoms with E-state index in [1.54, 1.807) is 0 Å². The number of carbonyl (C=O) groups excluding carboxylic acids is 1. The third kappa shape index (κ3) is 4.64. The highest BCUT2D eigenvalue weighted by molar-refractivity contribution is 7.80. The largest absolute Gasteiger partial charge is 0.352 e. The van der Waals surface area contributed by atoms with Crippen LogP contribution in [0.4, 0.5) is 5.69 Å². The van der Waals surface area contributed by atoms with Crippen molar-refractivity contribution in [3.8, 4) is 0 Å². The number of carbonyl (C=O) groups is 1. The summed E-state index contributed by atoms with van der Waals surface area (Å²) in [5.74, 6) is -0.0221. The quantitative estimate of drug-likeness (QED) is 0.494. The highest BCUT2D eigenvalue weighted by Gasteiger charge is 2.41. The van der Waals surface area contributed by atoms with E-state index in [0.717, 1.165) is 23.5 Å². The molecule has 4 rings (SSSR count). The molecular formula is C26H31N5OS. The molecule has 0 spiro atoms. The van der Waals surface area contributed by atoms with Crippen molar-refractivity contribution >= 4 is 28.9 Å². The van der Waals surface area contributed by atoms with Crippen molar-refractivity contribution in [2.24, 2.45) is 0 Å². The maximum Gasteiger partial charge on any atom is 0.226 e. The second kappa shape index (κ2) is 9.75. The van der Waals surface area contributed by atoms with Gasteiger partial charge in [-0.05, 0) is 75.3 Å². The molecule has 0 aliphatic carbocycles. The van der Waals surface area contributed by atoms with Crippen molar-refractivity contribution in [3.63, 3.8) is 0 Å². The molecule has 2 aromatic heterocycles. The summed E-state index contributed by atoms with van der Waals surface area (Å²) in [5.41, 5.74) is 6.50. The first-order valence-electron chi connectivity index (χ1n) is 11.4. The van der Waals surface area contributed by atoms with Gasteiger partial charge in [0.05, 0.1) is 17.8 Å². The van der Waals surface area contributed by atoms with Crippen LogP contribution in [0.5, 0.6) is 0 Å². The van der Waals surface area contributed by atoms with Crippen molar-refractivity contribution in [1.29, 1.82) is 0 Å². The molecule has 172 valence electrons. The Bertz CT molecular complexity index is 1160. The molecule has 3 aromatic rings. The molecule has 6 nitrogen and oxygen atoms in total. The molecule has 0 radical (unpaired) electrons. The van der Waals surface area contributed by atoms with E-state index in [1.165, 1.54) is 17.0 Å². The van der Waals surface area contributed by atoms with Gasteiger partial charge in [-0.15, -0.1) is 0 Å². The van der Waals surface area contributed by atoms with Gasteiger partial charge in [0.1, 0.15) is 0 Å². The summed E-state index contributed by atoms with van der Waals surface area (Å²) in [6, 6.07) is 15.9. The summed E-state index contributed by atoms with van der Waals surface area (Å²) in [5, 5.41) is 7.17. The molecule has 1 fully saturated rings. The normalized spacial score (nSPS) is 17.8. The zero-order chi connectivity index (χ0) is 23.5. The molecule has 2 atom stereocenters. The predicted octanol–water partition coefficient (Wildman–Crippen LogP) is 4.83. The molecule has 2 N–H and O–H groups in total. The number of rotatable bonds is 7. The summed E-state index contributed by atoms with van der Waals surface area (Å²) in [6.07, 6.45) is 2.15. The summed E-state index contributed by atoms with van der Waals surface area (Å²) in [7, 11) is 0. The number of hydrogen-bond donors (Lipinski definition) is 2. The number of pyridine rings is 1. The molecule has 33 heavy (non-hydrogen) atoms. The Morgan fingerprint density at radius 3 is 2.58 bits per heavy atom. The van der Waals surface area contributed by atoms with Gasteiger partial charge in [-0.3, -0.25) is 9.78 Å². The van der Waals surface area contributed by atoms with Crippen LogP contribution in [0.15, 0.2) is 54.7 Å². The number of benzene rings is 1. The van der Waals surface area contributed by atoms with E-state index in [0.29, 0.717) is 18.1 Å². The van der Waals surface area contributed by atoms with E-state index in [9.17, 15) is 4.79 Å². The standard InChI is InChI=1S/C26H31N5OS/c1-5-30-18(3)16-20(19(30)4)25-24(22-12-8-9-14-27-22)29-26(33)31(25)15-13-23(32)28-21-11-7-6-10-17(21)2/h6-12,14,16,24-25H,5,13,15H2,1-4H3,(H,28,32)(H,29,33)/t24-,25-/m0/s1. The van der Waals surface area contributed by atoms with Gasteiger partial charge in [0, 0.05) is 42.8 Å². The number of amides is 1. The average Bonchev–Trinajstić information content (AvgIpc) is 3.29. The van der Waals surface area contributed by atoms with Crippen molar-refractivity contribution in [2.75, 3.05) is 11.9 Å². The molecule has 7 heteroatoms. The summed E-state index contributed by atoms with van der Waals surface area (Å²) < 4.78 is 2.31. The van der Waals surface area contributed by atoms with Gasteiger partial charge in [0.2, 0.25) is 5.91 Å². The SMILES string of the molecule is CCn1c(C)cc([C@H]2[C@H](c3ccccn3)NC(=S)N2CCC(=O)Nc2ccccc2C)c1C. The first-order valence-corrected chi connectivity index (χ1v) is 11.8. The lowest BCUT2D eigenvalue weighted by Crippen LogP contribution is -2.33. The third-order valence-electron chi connectivity index (χ3n) is 6.44. The van der Waals surface area contributed by atoms with E-state index < -0.39 is 0 Å². The van der Waals surface area contributed by atoms with Gasteiger partial charge >= 0.3 is 0 Å². The number of aryl methyl sites for hydroxylation is 2. The van der Waals surface area contributed by atoms with Gasteiger partial charge in [-0.2, -0.15) is 0 Å². The van der Waals surface area contributed by atoms with E-state index in [1.807, 2.05) is 55.6 Å². The Labute approximate surface area is 201 Å². The highest BCUT2D eigenvalue weighted by Crippen LogP contribution is 2.40. The first-order chi connectivity index (χ1) is 15.9. The number of nitrogens with zero attached hydrogens (tertiary/aromatic N) is 3. The van der Waals surface area contributed by atoms with Crippen LogP contribution in [0.3, 0.4) is 0 Å². The Kier molecular flexibility index (Phi) is 6.79. The van der Waals surface area contributed by atoms with Crippen LogP contribution in [-0.4, -0.2) is 32.0 Å². The first kappa shape index (κ1) is 23.0. The number of hydrogen-bond acceptors (Lipinski definition) is 3. The number of aromatic nitrogens is 2. The van der Waals surface area contributed by atoms with Gasteiger partial charge in [-0.1, -0.05) is 24.3 Å². The van der Waals surface area contributed by atoms with Crippen LogP contribution < -0.4 is 10.6 Å². The topological polar surface area (TPSA) is 62.2 Å². The molecule has 1 aliphatic rings. The highest BCUT2D eigenvalue weighted by atomic mass is 32.1. The van der Waals surface area contributed by atoms with Crippen LogP contribution in [0.25, 0.3) is 0 Å². The van der Waals surface area contributed by atoms with Gasteiger partial charge in [0.25, 0.3) is 0 Å². The van der Waals surface area contributed by atoms with E-state index in [2.05, 4.69) is 51.9 Å². The Balaban J connectivity index is 1.60. The molecule has 0 bridgehead atoms. The maximum atomic E-state index is 12.8. The van der Waals surface area contributed by atoms with Crippen LogP contribution in [0.1, 0.15) is 53.6 Å². The second-order valence-corrected chi connectivity index (χ2v) is 8.89. The van der Waals surface area contributed by atoms with E-state index >= 15 is 0 Å². The minimum atomic E-state index is -0.0797. The zero-order valence-corrected chi connectivity index (χ0v) is 20.4. The fourth-order valence-corrected chi connectivity index (χ4v) is 5.08. The van der Waals surface area contributed by atoms with Crippen molar-refractivity contribution in [1.82, 2.24) is 19.8 Å². The molecule has 1 saturated heterocycles. The number of nitrogens with one attached hydrogen (secondary N) is 2. The molecular weight excluding hydrogens is 430 g/mol. The minimum Gasteiger partial charge on any atom is -0.352 e. The van der Waals surface area contributed by atoms with Gasteiger partial charge in [0.15, 0.2) is 5.11 Å². The monoisotopic (exact) mass is 461 g/mol. The molecule has 3 heterocycles. The summed E-state index contributed by atoms with van der Waals surface area (Å²) >= 11 is 5.76. The fourth-order valence-electron chi connectivity index (χ4n) is 4.75. The Morgan fingerprint density at radius 2 is 1.91 bits per heavy atom. The van der Waals surface area contributed by atoms with Gasteiger partial charge < -0.3 is 20.1 Å². The lowest BCUT2D eigenvalue weighted by atomic mass is 9.96. The smallest absolute Gasteiger partial charge is 0.226 e. The minimum absolute atomic E-state index is 0.0221. The average molecular weight is 462 g/mol. The van der Waals surface area contributed by atoms with E-state index in [-0.39, 0.29) is 18.0 Å². The number of thiocarbonyl (C=S) groups is 1. The molecule has 1 aliphatic heterocycles. The lowest BCUT2D eigenvalue weighted by molar-refractivity contribution is -0.116. The molecule has 1 amide bonds. The van der Waals surface area contributed by atoms with Gasteiger partial charge in [-0.25, -0.2) is 0 Å². The number of para-hydroxylation sites is 1. The number of anilines is 1. The summed E-state index contributed by atoms with van der Waals surface area (Å²) in [4.78, 5) is 19.5. The van der Waals surface area contributed by atoms with Crippen LogP contribution in [0.2, 0.25) is 0 Å². The van der Waals surface area contributed by atoms with E-state index in [4.69, 9.17) is 12.2 Å². The van der Waals surface area contributed by atoms with Crippen molar-refractivity contribution < 1.29 is 4.79 Å².